The molecular formula is C43H26N4O. The number of aromatic nitrogens is 4. The molecule has 5 nitrogen and oxygen atoms in total. The van der Waals surface area contributed by atoms with Crippen LogP contribution in [-0.4, -0.2) is 19.5 Å². The van der Waals surface area contributed by atoms with Crippen LogP contribution in [0.3, 0.4) is 0 Å². The Labute approximate surface area is 275 Å². The Kier molecular flexibility index (Phi) is 5.81. The van der Waals surface area contributed by atoms with Crippen LogP contribution in [0.2, 0.25) is 0 Å². The van der Waals surface area contributed by atoms with Gasteiger partial charge in [-0.2, -0.15) is 0 Å². The van der Waals surface area contributed by atoms with Crippen LogP contribution in [0, 0.1) is 0 Å². The number of hydrogen-bond acceptors (Lipinski definition) is 4. The van der Waals surface area contributed by atoms with Crippen LogP contribution < -0.4 is 0 Å². The standard InChI is InChI=1S/C43H26N4O/c1-3-11-27(12-4-1)41-44-42(30-20-22-39-35(24-30)36-23-28-13-7-8-14-29(28)26-40(36)48-39)46-43(45-41)31-19-21-34-33-17-9-10-18-37(33)47(38(34)25-31)32-15-5-2-6-16-32/h1-26H. The van der Waals surface area contributed by atoms with E-state index in [4.69, 9.17) is 19.4 Å². The average molecular weight is 615 g/mol. The van der Waals surface area contributed by atoms with Gasteiger partial charge in [0.1, 0.15) is 11.2 Å². The highest BCUT2D eigenvalue weighted by molar-refractivity contribution is 6.11. The van der Waals surface area contributed by atoms with Crippen molar-refractivity contribution in [2.24, 2.45) is 0 Å². The van der Waals surface area contributed by atoms with Crippen LogP contribution in [-0.2, 0) is 0 Å². The molecule has 0 aliphatic heterocycles. The van der Waals surface area contributed by atoms with Crippen molar-refractivity contribution < 1.29 is 4.42 Å². The molecular weight excluding hydrogens is 589 g/mol. The highest BCUT2D eigenvalue weighted by atomic mass is 16.3. The second-order valence-corrected chi connectivity index (χ2v) is 12.1. The van der Waals surface area contributed by atoms with E-state index in [0.29, 0.717) is 17.5 Å². The summed E-state index contributed by atoms with van der Waals surface area (Å²) in [6.45, 7) is 0. The largest absolute Gasteiger partial charge is 0.456 e. The Morgan fingerprint density at radius 2 is 0.958 bits per heavy atom. The molecule has 0 aliphatic carbocycles. The molecule has 0 unspecified atom stereocenters. The third kappa shape index (κ3) is 4.22. The zero-order chi connectivity index (χ0) is 31.6. The number of fused-ring (bicyclic) bond motifs is 7. The average Bonchev–Trinajstić information content (AvgIpc) is 3.68. The number of nitrogens with zero attached hydrogens (tertiary/aromatic N) is 4. The molecule has 10 aromatic rings. The smallest absolute Gasteiger partial charge is 0.164 e. The van der Waals surface area contributed by atoms with Crippen LogP contribution in [0.15, 0.2) is 162 Å². The summed E-state index contributed by atoms with van der Waals surface area (Å²) in [5, 5.41) is 6.82. The molecule has 0 N–H and O–H groups in total. The zero-order valence-corrected chi connectivity index (χ0v) is 25.7. The van der Waals surface area contributed by atoms with Gasteiger partial charge < -0.3 is 8.98 Å². The number of para-hydroxylation sites is 2. The fourth-order valence-corrected chi connectivity index (χ4v) is 6.92. The zero-order valence-electron chi connectivity index (χ0n) is 25.7. The first kappa shape index (κ1) is 26.6. The minimum atomic E-state index is 0.611. The molecule has 0 saturated heterocycles. The Balaban J connectivity index is 1.19. The van der Waals surface area contributed by atoms with E-state index < -0.39 is 0 Å². The highest BCUT2D eigenvalue weighted by Gasteiger charge is 2.17. The van der Waals surface area contributed by atoms with Crippen molar-refractivity contribution in [3.63, 3.8) is 0 Å². The minimum absolute atomic E-state index is 0.611. The molecule has 224 valence electrons. The Morgan fingerprint density at radius 1 is 0.375 bits per heavy atom. The lowest BCUT2D eigenvalue weighted by molar-refractivity contribution is 0.669. The molecule has 48 heavy (non-hydrogen) atoms. The van der Waals surface area contributed by atoms with E-state index in [0.717, 1.165) is 60.7 Å². The van der Waals surface area contributed by atoms with E-state index in [-0.39, 0.29) is 0 Å². The van der Waals surface area contributed by atoms with Crippen LogP contribution >= 0.6 is 0 Å². The van der Waals surface area contributed by atoms with Crippen LogP contribution in [0.25, 0.3) is 94.4 Å². The SMILES string of the molecule is c1ccc(-c2nc(-c3ccc4oc5cc6ccccc6cc5c4c3)nc(-c3ccc4c5ccccc5n(-c5ccccc5)c4c3)n2)cc1. The van der Waals surface area contributed by atoms with Gasteiger partial charge in [0, 0.05) is 43.9 Å². The maximum Gasteiger partial charge on any atom is 0.164 e. The number of furan rings is 1. The normalized spacial score (nSPS) is 11.8. The molecule has 3 heterocycles. The van der Waals surface area contributed by atoms with Gasteiger partial charge in [0.25, 0.3) is 0 Å². The Morgan fingerprint density at radius 3 is 1.75 bits per heavy atom. The Hall–Kier alpha value is -6.59. The van der Waals surface area contributed by atoms with Crippen LogP contribution in [0.4, 0.5) is 0 Å². The number of benzene rings is 7. The maximum atomic E-state index is 6.30. The van der Waals surface area contributed by atoms with Gasteiger partial charge in [-0.1, -0.05) is 103 Å². The van der Waals surface area contributed by atoms with E-state index in [2.05, 4.69) is 114 Å². The topological polar surface area (TPSA) is 56.7 Å². The molecule has 10 rings (SSSR count). The Bertz CT molecular complexity index is 2830. The third-order valence-corrected chi connectivity index (χ3v) is 9.21. The minimum Gasteiger partial charge on any atom is -0.456 e. The first-order valence-electron chi connectivity index (χ1n) is 16.0. The summed E-state index contributed by atoms with van der Waals surface area (Å²) in [6.07, 6.45) is 0. The summed E-state index contributed by atoms with van der Waals surface area (Å²) in [5.74, 6) is 1.86. The van der Waals surface area contributed by atoms with Gasteiger partial charge >= 0.3 is 0 Å². The molecule has 0 saturated carbocycles. The van der Waals surface area contributed by atoms with E-state index in [1.165, 1.54) is 16.2 Å². The molecule has 7 aromatic carbocycles. The summed E-state index contributed by atoms with van der Waals surface area (Å²) < 4.78 is 8.61. The fourth-order valence-electron chi connectivity index (χ4n) is 6.92. The molecule has 0 aliphatic rings. The van der Waals surface area contributed by atoms with E-state index in [1.807, 2.05) is 48.5 Å². The van der Waals surface area contributed by atoms with Gasteiger partial charge in [0.2, 0.25) is 0 Å². The lowest BCUT2D eigenvalue weighted by Gasteiger charge is -2.10. The van der Waals surface area contributed by atoms with Crippen LogP contribution in [0.1, 0.15) is 0 Å². The number of hydrogen-bond donors (Lipinski definition) is 0. The summed E-state index contributed by atoms with van der Waals surface area (Å²) in [7, 11) is 0. The van der Waals surface area contributed by atoms with Crippen molar-refractivity contribution in [3.05, 3.63) is 158 Å². The van der Waals surface area contributed by atoms with Gasteiger partial charge in [0.15, 0.2) is 17.5 Å². The molecule has 0 amide bonds. The monoisotopic (exact) mass is 614 g/mol. The third-order valence-electron chi connectivity index (χ3n) is 9.21. The van der Waals surface area contributed by atoms with Crippen molar-refractivity contribution in [2.75, 3.05) is 0 Å². The predicted molar refractivity (Wildman–Crippen MR) is 195 cm³/mol. The van der Waals surface area contributed by atoms with Crippen molar-refractivity contribution in [1.29, 1.82) is 0 Å². The molecule has 0 radical (unpaired) electrons. The van der Waals surface area contributed by atoms with E-state index >= 15 is 0 Å². The fraction of sp³-hybridized carbons (Fsp3) is 0. The summed E-state index contributed by atoms with van der Waals surface area (Å²) >= 11 is 0. The highest BCUT2D eigenvalue weighted by Crippen LogP contribution is 2.37. The van der Waals surface area contributed by atoms with Crippen molar-refractivity contribution in [1.82, 2.24) is 19.5 Å². The van der Waals surface area contributed by atoms with Crippen LogP contribution in [0.5, 0.6) is 0 Å². The molecule has 0 spiro atoms. The molecule has 3 aromatic heterocycles. The first-order valence-corrected chi connectivity index (χ1v) is 16.0. The summed E-state index contributed by atoms with van der Waals surface area (Å²) in [5.41, 5.74) is 7.82. The second kappa shape index (κ2) is 10.5. The predicted octanol–water partition coefficient (Wildman–Crippen LogP) is 11.0. The van der Waals surface area contributed by atoms with Gasteiger partial charge in [-0.3, -0.25) is 0 Å². The summed E-state index contributed by atoms with van der Waals surface area (Å²) in [6, 6.07) is 54.5. The quantitative estimate of drug-likeness (QED) is 0.198. The molecule has 0 atom stereocenters. The maximum absolute atomic E-state index is 6.30. The number of rotatable bonds is 4. The van der Waals surface area contributed by atoms with Gasteiger partial charge in [-0.25, -0.2) is 15.0 Å². The van der Waals surface area contributed by atoms with Gasteiger partial charge in [-0.15, -0.1) is 0 Å². The van der Waals surface area contributed by atoms with Crippen molar-refractivity contribution >= 4 is 54.5 Å². The molecule has 0 fully saturated rings. The lowest BCUT2D eigenvalue weighted by Crippen LogP contribution is -2.00. The van der Waals surface area contributed by atoms with Gasteiger partial charge in [0.05, 0.1) is 11.0 Å². The van der Waals surface area contributed by atoms with Crippen molar-refractivity contribution in [2.45, 2.75) is 0 Å². The van der Waals surface area contributed by atoms with Gasteiger partial charge in [-0.05, 0) is 65.4 Å². The summed E-state index contributed by atoms with van der Waals surface area (Å²) in [4.78, 5) is 15.2. The van der Waals surface area contributed by atoms with Crippen molar-refractivity contribution in [3.8, 4) is 39.9 Å². The van der Waals surface area contributed by atoms with E-state index in [9.17, 15) is 0 Å². The molecule has 0 bridgehead atoms. The lowest BCUT2D eigenvalue weighted by atomic mass is 10.0. The first-order chi connectivity index (χ1) is 23.8. The second-order valence-electron chi connectivity index (χ2n) is 12.1. The van der Waals surface area contributed by atoms with E-state index in [1.54, 1.807) is 0 Å². The molecule has 5 heteroatoms.